The van der Waals surface area contributed by atoms with Gasteiger partial charge in [0.05, 0.1) is 23.6 Å². The molecule has 1 atom stereocenters. The lowest BCUT2D eigenvalue weighted by molar-refractivity contribution is -0.135. The summed E-state index contributed by atoms with van der Waals surface area (Å²) in [4.78, 5) is 23.4. The standard InChI is InChI=1S/C26H29N3O6S2/c1-17-13-19(15-28-25(17)36(2,31)32)22-5-9-27-24-4-3-20(14-23(22)24)35-21-6-10-29(16-21)26(30)18-7-11-37(33,34)12-8-18/h3-5,9,13-15,18,21H,6-8,10-12,16H2,1-2H3/t21-/m0/s1. The minimum absolute atomic E-state index is 0.0198. The lowest BCUT2D eigenvalue weighted by Gasteiger charge is -2.26. The summed E-state index contributed by atoms with van der Waals surface area (Å²) in [7, 11) is -6.42. The Bertz CT molecular complexity index is 1570. The first kappa shape index (κ1) is 25.6. The summed E-state index contributed by atoms with van der Waals surface area (Å²) in [5.74, 6) is 0.601. The fourth-order valence-electron chi connectivity index (χ4n) is 5.16. The van der Waals surface area contributed by atoms with Crippen LogP contribution in [0.3, 0.4) is 0 Å². The molecule has 11 heteroatoms. The molecule has 2 fully saturated rings. The van der Waals surface area contributed by atoms with Gasteiger partial charge in [0.2, 0.25) is 5.91 Å². The number of carbonyl (C=O) groups excluding carboxylic acids is 1. The third kappa shape index (κ3) is 5.47. The number of hydrogen-bond donors (Lipinski definition) is 0. The van der Waals surface area contributed by atoms with E-state index in [9.17, 15) is 21.6 Å². The Kier molecular flexibility index (Phi) is 6.70. The molecule has 5 rings (SSSR count). The number of rotatable bonds is 5. The van der Waals surface area contributed by atoms with E-state index in [1.807, 2.05) is 30.3 Å². The van der Waals surface area contributed by atoms with Crippen LogP contribution in [0.4, 0.5) is 0 Å². The molecule has 2 aromatic heterocycles. The van der Waals surface area contributed by atoms with Crippen LogP contribution < -0.4 is 4.74 Å². The topological polar surface area (TPSA) is 124 Å². The number of ether oxygens (including phenoxy) is 1. The average Bonchev–Trinajstić information content (AvgIpc) is 3.31. The van der Waals surface area contributed by atoms with Crippen molar-refractivity contribution in [1.29, 1.82) is 0 Å². The molecular formula is C26H29N3O6S2. The van der Waals surface area contributed by atoms with Gasteiger partial charge >= 0.3 is 0 Å². The van der Waals surface area contributed by atoms with Gasteiger partial charge in [-0.15, -0.1) is 0 Å². The first-order valence-electron chi connectivity index (χ1n) is 12.2. The van der Waals surface area contributed by atoms with Crippen LogP contribution in [0.2, 0.25) is 0 Å². The minimum atomic E-state index is -3.42. The second-order valence-corrected chi connectivity index (χ2v) is 14.1. The van der Waals surface area contributed by atoms with Gasteiger partial charge in [-0.3, -0.25) is 9.78 Å². The number of hydrogen-bond acceptors (Lipinski definition) is 8. The predicted octanol–water partition coefficient (Wildman–Crippen LogP) is 2.81. The maximum absolute atomic E-state index is 12.9. The van der Waals surface area contributed by atoms with Crippen LogP contribution in [-0.2, 0) is 24.5 Å². The molecule has 1 aromatic carbocycles. The molecule has 4 heterocycles. The van der Waals surface area contributed by atoms with Crippen molar-refractivity contribution in [3.8, 4) is 16.9 Å². The second-order valence-electron chi connectivity index (χ2n) is 9.89. The van der Waals surface area contributed by atoms with Gasteiger partial charge in [0, 0.05) is 48.5 Å². The maximum atomic E-state index is 12.9. The summed E-state index contributed by atoms with van der Waals surface area (Å²) >= 11 is 0. The molecule has 37 heavy (non-hydrogen) atoms. The first-order valence-corrected chi connectivity index (χ1v) is 15.9. The molecular weight excluding hydrogens is 514 g/mol. The SMILES string of the molecule is Cc1cc(-c2ccnc3ccc(O[C@H]4CCN(C(=O)C5CCS(=O)(=O)CC5)C4)cc23)cnc1S(C)(=O)=O. The number of aromatic nitrogens is 2. The normalized spacial score (nSPS) is 20.3. The zero-order valence-electron chi connectivity index (χ0n) is 20.8. The quantitative estimate of drug-likeness (QED) is 0.481. The number of carbonyl (C=O) groups is 1. The highest BCUT2D eigenvalue weighted by Gasteiger charge is 2.35. The van der Waals surface area contributed by atoms with Crippen LogP contribution >= 0.6 is 0 Å². The molecule has 0 bridgehead atoms. The van der Waals surface area contributed by atoms with Crippen molar-refractivity contribution in [3.05, 3.63) is 48.3 Å². The molecule has 0 unspecified atom stereocenters. The second kappa shape index (κ2) is 9.68. The summed E-state index contributed by atoms with van der Waals surface area (Å²) in [6.07, 6.45) is 5.73. The summed E-state index contributed by atoms with van der Waals surface area (Å²) in [5, 5.41) is 0.913. The van der Waals surface area contributed by atoms with Crippen molar-refractivity contribution in [3.63, 3.8) is 0 Å². The average molecular weight is 544 g/mol. The van der Waals surface area contributed by atoms with Gasteiger partial charge in [-0.05, 0) is 61.2 Å². The van der Waals surface area contributed by atoms with Crippen LogP contribution in [0.25, 0.3) is 22.0 Å². The smallest absolute Gasteiger partial charge is 0.225 e. The number of amides is 1. The van der Waals surface area contributed by atoms with Gasteiger partial charge in [0.1, 0.15) is 21.7 Å². The summed E-state index contributed by atoms with van der Waals surface area (Å²) < 4.78 is 53.6. The fraction of sp³-hybridized carbons (Fsp3) is 0.423. The van der Waals surface area contributed by atoms with E-state index in [2.05, 4.69) is 9.97 Å². The Morgan fingerprint density at radius 2 is 1.84 bits per heavy atom. The monoisotopic (exact) mass is 543 g/mol. The number of fused-ring (bicyclic) bond motifs is 1. The van der Waals surface area contributed by atoms with Crippen molar-refractivity contribution < 1.29 is 26.4 Å². The van der Waals surface area contributed by atoms with E-state index >= 15 is 0 Å². The Morgan fingerprint density at radius 3 is 2.54 bits per heavy atom. The Labute approximate surface area is 216 Å². The van der Waals surface area contributed by atoms with E-state index in [1.54, 1.807) is 24.2 Å². The number of aryl methyl sites for hydroxylation is 1. The Balaban J connectivity index is 1.33. The van der Waals surface area contributed by atoms with E-state index in [-0.39, 0.29) is 34.5 Å². The molecule has 2 saturated heterocycles. The van der Waals surface area contributed by atoms with Crippen LogP contribution in [-0.4, -0.2) is 74.6 Å². The van der Waals surface area contributed by atoms with Crippen molar-refractivity contribution in [2.24, 2.45) is 5.92 Å². The number of sulfone groups is 2. The fourth-order valence-corrected chi connectivity index (χ4v) is 7.54. The first-order chi connectivity index (χ1) is 17.5. The van der Waals surface area contributed by atoms with E-state index in [4.69, 9.17) is 4.74 Å². The maximum Gasteiger partial charge on any atom is 0.225 e. The minimum Gasteiger partial charge on any atom is -0.488 e. The number of benzene rings is 1. The van der Waals surface area contributed by atoms with Crippen molar-refractivity contribution in [2.45, 2.75) is 37.3 Å². The third-order valence-corrected chi connectivity index (χ3v) is 9.91. The predicted molar refractivity (Wildman–Crippen MR) is 140 cm³/mol. The number of pyridine rings is 2. The van der Waals surface area contributed by atoms with Crippen molar-refractivity contribution >= 4 is 36.5 Å². The van der Waals surface area contributed by atoms with Gasteiger partial charge in [-0.25, -0.2) is 21.8 Å². The van der Waals surface area contributed by atoms with Crippen LogP contribution in [0.5, 0.6) is 5.75 Å². The van der Waals surface area contributed by atoms with Crippen LogP contribution in [0.15, 0.2) is 47.8 Å². The largest absolute Gasteiger partial charge is 0.488 e. The molecule has 0 saturated carbocycles. The van der Waals surface area contributed by atoms with Crippen molar-refractivity contribution in [1.82, 2.24) is 14.9 Å². The van der Waals surface area contributed by atoms with Gasteiger partial charge in [0.15, 0.2) is 14.9 Å². The van der Waals surface area contributed by atoms with Gasteiger partial charge in [-0.2, -0.15) is 0 Å². The number of likely N-dealkylation sites (tertiary alicyclic amines) is 1. The summed E-state index contributed by atoms with van der Waals surface area (Å²) in [6.45, 7) is 2.78. The van der Waals surface area contributed by atoms with E-state index in [0.29, 0.717) is 43.7 Å². The highest BCUT2D eigenvalue weighted by molar-refractivity contribution is 7.91. The molecule has 0 radical (unpaired) electrons. The van der Waals surface area contributed by atoms with Gasteiger partial charge in [-0.1, -0.05) is 0 Å². The molecule has 196 valence electrons. The van der Waals surface area contributed by atoms with Crippen LogP contribution in [0, 0.1) is 12.8 Å². The van der Waals surface area contributed by atoms with E-state index < -0.39 is 19.7 Å². The van der Waals surface area contributed by atoms with E-state index in [1.165, 1.54) is 0 Å². The summed E-state index contributed by atoms with van der Waals surface area (Å²) in [6, 6.07) is 9.31. The third-order valence-electron chi connectivity index (χ3n) is 7.07. The lowest BCUT2D eigenvalue weighted by atomic mass is 10.0. The molecule has 0 spiro atoms. The zero-order valence-corrected chi connectivity index (χ0v) is 22.4. The highest BCUT2D eigenvalue weighted by Crippen LogP contribution is 2.32. The molecule has 0 N–H and O–H groups in total. The van der Waals surface area contributed by atoms with Gasteiger partial charge in [0.25, 0.3) is 0 Å². The molecule has 1 amide bonds. The molecule has 9 nitrogen and oxygen atoms in total. The Hall–Kier alpha value is -3.05. The molecule has 2 aliphatic heterocycles. The number of nitrogens with zero attached hydrogens (tertiary/aromatic N) is 3. The molecule has 3 aromatic rings. The summed E-state index contributed by atoms with van der Waals surface area (Å²) in [5.41, 5.74) is 2.98. The Morgan fingerprint density at radius 1 is 1.08 bits per heavy atom. The van der Waals surface area contributed by atoms with Crippen molar-refractivity contribution in [2.75, 3.05) is 30.9 Å². The van der Waals surface area contributed by atoms with Gasteiger partial charge < -0.3 is 9.64 Å². The molecule has 0 aliphatic carbocycles. The van der Waals surface area contributed by atoms with Crippen LogP contribution in [0.1, 0.15) is 24.8 Å². The zero-order chi connectivity index (χ0) is 26.4. The molecule has 2 aliphatic rings. The lowest BCUT2D eigenvalue weighted by Crippen LogP contribution is -2.39. The van der Waals surface area contributed by atoms with E-state index in [0.717, 1.165) is 28.3 Å². The highest BCUT2D eigenvalue weighted by atomic mass is 32.2.